The van der Waals surface area contributed by atoms with Crippen molar-refractivity contribution in [3.63, 3.8) is 0 Å². The van der Waals surface area contributed by atoms with E-state index in [4.69, 9.17) is 4.74 Å². The van der Waals surface area contributed by atoms with Crippen LogP contribution in [0.3, 0.4) is 0 Å². The number of carbonyl (C=O) groups is 2. The number of ether oxygens (including phenoxy) is 1. The van der Waals surface area contributed by atoms with E-state index < -0.39 is 11.7 Å². The molecule has 0 bridgehead atoms. The van der Waals surface area contributed by atoms with Crippen LogP contribution >= 0.6 is 0 Å². The number of benzene rings is 2. The number of para-hydroxylation sites is 1. The molecule has 0 fully saturated rings. The van der Waals surface area contributed by atoms with Crippen LogP contribution in [-0.2, 0) is 4.74 Å². The SMILES string of the molecule is CC(C)(C)OC(=O)Nc1ccc2[nH]c(C(=O)n3nnc4ccccc43)cc2c1. The molecule has 0 spiro atoms. The molecule has 28 heavy (non-hydrogen) atoms. The Bertz CT molecular complexity index is 1200. The highest BCUT2D eigenvalue weighted by Crippen LogP contribution is 2.22. The van der Waals surface area contributed by atoms with Gasteiger partial charge in [-0.15, -0.1) is 5.10 Å². The topological polar surface area (TPSA) is 102 Å². The number of aromatic amines is 1. The van der Waals surface area contributed by atoms with Gasteiger partial charge in [0.25, 0.3) is 5.91 Å². The summed E-state index contributed by atoms with van der Waals surface area (Å²) < 4.78 is 6.52. The van der Waals surface area contributed by atoms with Crippen molar-refractivity contribution in [1.82, 2.24) is 20.0 Å². The van der Waals surface area contributed by atoms with Crippen LogP contribution in [0.25, 0.3) is 21.9 Å². The molecule has 2 N–H and O–H groups in total. The van der Waals surface area contributed by atoms with E-state index in [0.29, 0.717) is 22.4 Å². The van der Waals surface area contributed by atoms with E-state index in [9.17, 15) is 9.59 Å². The largest absolute Gasteiger partial charge is 0.444 e. The number of hydrogen-bond donors (Lipinski definition) is 2. The maximum Gasteiger partial charge on any atom is 0.412 e. The zero-order valence-electron chi connectivity index (χ0n) is 15.7. The highest BCUT2D eigenvalue weighted by molar-refractivity contribution is 6.03. The minimum atomic E-state index is -0.581. The van der Waals surface area contributed by atoms with Gasteiger partial charge < -0.3 is 9.72 Å². The highest BCUT2D eigenvalue weighted by Gasteiger charge is 2.18. The van der Waals surface area contributed by atoms with E-state index in [2.05, 4.69) is 20.6 Å². The molecule has 0 radical (unpaired) electrons. The number of aromatic nitrogens is 4. The van der Waals surface area contributed by atoms with Gasteiger partial charge >= 0.3 is 6.09 Å². The van der Waals surface area contributed by atoms with Crippen molar-refractivity contribution >= 4 is 39.6 Å². The molecule has 0 aliphatic heterocycles. The number of anilines is 1. The van der Waals surface area contributed by atoms with Crippen molar-refractivity contribution < 1.29 is 14.3 Å². The van der Waals surface area contributed by atoms with Crippen molar-refractivity contribution in [3.8, 4) is 0 Å². The quantitative estimate of drug-likeness (QED) is 0.551. The first kappa shape index (κ1) is 17.7. The molecule has 1 amide bonds. The van der Waals surface area contributed by atoms with Crippen LogP contribution in [-0.4, -0.2) is 37.6 Å². The average Bonchev–Trinajstić information content (AvgIpc) is 3.23. The first-order valence-corrected chi connectivity index (χ1v) is 8.78. The number of nitrogens with one attached hydrogen (secondary N) is 2. The third kappa shape index (κ3) is 3.44. The lowest BCUT2D eigenvalue weighted by Crippen LogP contribution is -2.27. The Morgan fingerprint density at radius 1 is 1.11 bits per heavy atom. The molecule has 2 heterocycles. The second-order valence-electron chi connectivity index (χ2n) is 7.41. The summed E-state index contributed by atoms with van der Waals surface area (Å²) in [5.41, 5.74) is 2.42. The van der Waals surface area contributed by atoms with Gasteiger partial charge in [0.15, 0.2) is 0 Å². The predicted octanol–water partition coefficient (Wildman–Crippen LogP) is 3.95. The summed E-state index contributed by atoms with van der Waals surface area (Å²) in [5, 5.41) is 11.4. The van der Waals surface area contributed by atoms with Gasteiger partial charge in [0.1, 0.15) is 16.8 Å². The smallest absolute Gasteiger partial charge is 0.412 e. The summed E-state index contributed by atoms with van der Waals surface area (Å²) >= 11 is 0. The van der Waals surface area contributed by atoms with E-state index in [-0.39, 0.29) is 5.91 Å². The summed E-state index contributed by atoms with van der Waals surface area (Å²) in [6, 6.07) is 14.3. The average molecular weight is 377 g/mol. The van der Waals surface area contributed by atoms with Gasteiger partial charge in [-0.1, -0.05) is 17.3 Å². The van der Waals surface area contributed by atoms with E-state index >= 15 is 0 Å². The Kier molecular flexibility index (Phi) is 4.11. The van der Waals surface area contributed by atoms with Gasteiger partial charge in [0.2, 0.25) is 0 Å². The molecular formula is C20H19N5O3. The van der Waals surface area contributed by atoms with Gasteiger partial charge in [0, 0.05) is 16.6 Å². The molecule has 4 rings (SSSR count). The minimum Gasteiger partial charge on any atom is -0.444 e. The predicted molar refractivity (Wildman–Crippen MR) is 105 cm³/mol. The fourth-order valence-corrected chi connectivity index (χ4v) is 2.88. The van der Waals surface area contributed by atoms with Crippen LogP contribution in [0.1, 0.15) is 31.3 Å². The van der Waals surface area contributed by atoms with Crippen LogP contribution in [0.4, 0.5) is 10.5 Å². The van der Waals surface area contributed by atoms with Crippen LogP contribution < -0.4 is 5.32 Å². The number of carbonyl (C=O) groups excluding carboxylic acids is 2. The molecule has 8 nitrogen and oxygen atoms in total. The van der Waals surface area contributed by atoms with Gasteiger partial charge in [-0.05, 0) is 57.2 Å². The second-order valence-corrected chi connectivity index (χ2v) is 7.41. The highest BCUT2D eigenvalue weighted by atomic mass is 16.6. The molecule has 0 saturated carbocycles. The standard InChI is InChI=1S/C20H19N5O3/c1-20(2,3)28-19(27)21-13-8-9-14-12(10-13)11-16(22-14)18(26)25-17-7-5-4-6-15(17)23-24-25/h4-11,22H,1-3H3,(H,21,27). The summed E-state index contributed by atoms with van der Waals surface area (Å²) in [7, 11) is 0. The molecule has 142 valence electrons. The lowest BCUT2D eigenvalue weighted by molar-refractivity contribution is 0.0635. The Labute approximate surface area is 160 Å². The molecular weight excluding hydrogens is 358 g/mol. The van der Waals surface area contributed by atoms with E-state index in [1.165, 1.54) is 4.68 Å². The molecule has 0 aliphatic carbocycles. The Morgan fingerprint density at radius 3 is 2.68 bits per heavy atom. The number of rotatable bonds is 2. The maximum atomic E-state index is 12.8. The molecule has 0 atom stereocenters. The van der Waals surface area contributed by atoms with Crippen LogP contribution in [0.2, 0.25) is 0 Å². The van der Waals surface area contributed by atoms with Gasteiger partial charge in [-0.3, -0.25) is 10.1 Å². The van der Waals surface area contributed by atoms with Crippen molar-refractivity contribution in [2.45, 2.75) is 26.4 Å². The zero-order chi connectivity index (χ0) is 19.9. The van der Waals surface area contributed by atoms with Crippen molar-refractivity contribution in [1.29, 1.82) is 0 Å². The van der Waals surface area contributed by atoms with E-state index in [1.807, 2.05) is 12.1 Å². The first-order valence-electron chi connectivity index (χ1n) is 8.78. The van der Waals surface area contributed by atoms with Gasteiger partial charge in [-0.25, -0.2) is 4.79 Å². The lowest BCUT2D eigenvalue weighted by atomic mass is 10.2. The molecule has 0 unspecified atom stereocenters. The van der Waals surface area contributed by atoms with Crippen LogP contribution in [0.5, 0.6) is 0 Å². The monoisotopic (exact) mass is 377 g/mol. The summed E-state index contributed by atoms with van der Waals surface area (Å²) in [6.07, 6.45) is -0.534. The fraction of sp³-hybridized carbons (Fsp3) is 0.200. The number of fused-ring (bicyclic) bond motifs is 2. The van der Waals surface area contributed by atoms with Crippen molar-refractivity contribution in [3.05, 3.63) is 54.2 Å². The Morgan fingerprint density at radius 2 is 1.89 bits per heavy atom. The Hall–Kier alpha value is -3.68. The molecule has 4 aromatic rings. The van der Waals surface area contributed by atoms with E-state index in [1.54, 1.807) is 57.2 Å². The lowest BCUT2D eigenvalue weighted by Gasteiger charge is -2.19. The summed E-state index contributed by atoms with van der Waals surface area (Å²) in [4.78, 5) is 27.9. The molecule has 0 saturated heterocycles. The second kappa shape index (κ2) is 6.49. The molecule has 2 aromatic heterocycles. The Balaban J connectivity index is 1.61. The molecule has 2 aromatic carbocycles. The molecule has 8 heteroatoms. The third-order valence-corrected chi connectivity index (χ3v) is 4.04. The minimum absolute atomic E-state index is 0.313. The fourth-order valence-electron chi connectivity index (χ4n) is 2.88. The molecule has 0 aliphatic rings. The van der Waals surface area contributed by atoms with E-state index in [0.717, 1.165) is 10.9 Å². The summed E-state index contributed by atoms with van der Waals surface area (Å²) in [5.74, 6) is -0.313. The number of hydrogen-bond acceptors (Lipinski definition) is 5. The van der Waals surface area contributed by atoms with Crippen molar-refractivity contribution in [2.75, 3.05) is 5.32 Å². The number of amides is 1. The van der Waals surface area contributed by atoms with Crippen molar-refractivity contribution in [2.24, 2.45) is 0 Å². The van der Waals surface area contributed by atoms with Gasteiger partial charge in [-0.2, -0.15) is 4.68 Å². The number of nitrogens with zero attached hydrogens (tertiary/aromatic N) is 3. The summed E-state index contributed by atoms with van der Waals surface area (Å²) in [6.45, 7) is 5.40. The zero-order valence-corrected chi connectivity index (χ0v) is 15.7. The van der Waals surface area contributed by atoms with Gasteiger partial charge in [0.05, 0.1) is 5.52 Å². The number of H-pyrrole nitrogens is 1. The third-order valence-electron chi connectivity index (χ3n) is 4.04. The first-order chi connectivity index (χ1) is 13.3. The maximum absolute atomic E-state index is 12.8. The van der Waals surface area contributed by atoms with Crippen LogP contribution in [0, 0.1) is 0 Å². The van der Waals surface area contributed by atoms with Crippen LogP contribution in [0.15, 0.2) is 48.5 Å². The normalized spacial score (nSPS) is 11.7.